The SMILES string of the molecule is COc1ccc(C(C)(C)C)cc1CC(=O)C(=O)c1ccc(OCCCl)c2ccccc12.COc1ccc(C(C)(C)C)cc1CC(=O)C(=O)c1ccc(OCCN2CCOCC2)c2ccccc12.C[Si](C)(C)N1CCOCC1. The van der Waals surface area contributed by atoms with Crippen LogP contribution in [0.2, 0.25) is 19.6 Å². The van der Waals surface area contributed by atoms with Crippen LogP contribution >= 0.6 is 11.6 Å². The molecular formula is C63H79ClN2O10Si. The Bertz CT molecular complexity index is 2980. The van der Waals surface area contributed by atoms with Crippen LogP contribution in [-0.4, -0.2) is 133 Å². The Labute approximate surface area is 462 Å². The van der Waals surface area contributed by atoms with Gasteiger partial charge in [0, 0.05) is 78.6 Å². The van der Waals surface area contributed by atoms with Crippen molar-refractivity contribution in [1.82, 2.24) is 9.47 Å². The van der Waals surface area contributed by atoms with Crippen molar-refractivity contribution in [2.24, 2.45) is 0 Å². The number of Topliss-reactive ketones (excluding diaryl/α,β-unsaturated/α-hetero) is 4. The van der Waals surface area contributed by atoms with Crippen LogP contribution in [0.15, 0.2) is 109 Å². The van der Waals surface area contributed by atoms with Crippen molar-refractivity contribution in [2.45, 2.75) is 84.9 Å². The highest BCUT2D eigenvalue weighted by molar-refractivity contribution is 6.73. The maximum atomic E-state index is 13.3. The molecule has 6 aromatic carbocycles. The van der Waals surface area contributed by atoms with Crippen LogP contribution in [0.4, 0.5) is 0 Å². The van der Waals surface area contributed by atoms with E-state index in [0.29, 0.717) is 64.2 Å². The Morgan fingerprint density at radius 3 is 1.30 bits per heavy atom. The fourth-order valence-corrected chi connectivity index (χ4v) is 10.9. The average Bonchev–Trinajstić information content (AvgIpc) is 3.42. The molecule has 0 amide bonds. The Morgan fingerprint density at radius 1 is 0.532 bits per heavy atom. The van der Waals surface area contributed by atoms with Crippen LogP contribution in [-0.2, 0) is 42.7 Å². The molecule has 0 aromatic heterocycles. The molecule has 0 unspecified atom stereocenters. The highest BCUT2D eigenvalue weighted by atomic mass is 35.5. The number of nitrogens with zero attached hydrogens (tertiary/aromatic N) is 2. The third-order valence-electron chi connectivity index (χ3n) is 13.8. The summed E-state index contributed by atoms with van der Waals surface area (Å²) in [6.45, 7) is 29.0. The number of methoxy groups -OCH3 is 2. The van der Waals surface area contributed by atoms with Crippen molar-refractivity contribution in [3.05, 3.63) is 143 Å². The van der Waals surface area contributed by atoms with Crippen molar-refractivity contribution in [1.29, 1.82) is 0 Å². The van der Waals surface area contributed by atoms with Crippen molar-refractivity contribution in [3.8, 4) is 23.0 Å². The molecule has 2 fully saturated rings. The Hall–Kier alpha value is -5.93. The van der Waals surface area contributed by atoms with Gasteiger partial charge in [-0.15, -0.1) is 11.6 Å². The lowest BCUT2D eigenvalue weighted by atomic mass is 9.85. The monoisotopic (exact) mass is 1090 g/mol. The number of halogens is 1. The van der Waals surface area contributed by atoms with E-state index in [2.05, 4.69) is 70.6 Å². The molecule has 412 valence electrons. The second-order valence-electron chi connectivity index (χ2n) is 22.3. The van der Waals surface area contributed by atoms with Gasteiger partial charge in [-0.05, 0) is 69.1 Å². The second-order valence-corrected chi connectivity index (χ2v) is 27.7. The molecule has 0 atom stereocenters. The van der Waals surface area contributed by atoms with E-state index in [1.165, 1.54) is 0 Å². The zero-order chi connectivity index (χ0) is 55.9. The summed E-state index contributed by atoms with van der Waals surface area (Å²) in [7, 11) is 2.14. The lowest BCUT2D eigenvalue weighted by Crippen LogP contribution is -2.51. The number of ether oxygens (including phenoxy) is 6. The first-order valence-electron chi connectivity index (χ1n) is 26.6. The molecule has 77 heavy (non-hydrogen) atoms. The van der Waals surface area contributed by atoms with E-state index in [4.69, 9.17) is 40.0 Å². The van der Waals surface area contributed by atoms with Gasteiger partial charge in [-0.3, -0.25) is 24.1 Å². The van der Waals surface area contributed by atoms with Crippen LogP contribution < -0.4 is 18.9 Å². The van der Waals surface area contributed by atoms with Crippen LogP contribution in [0.3, 0.4) is 0 Å². The largest absolute Gasteiger partial charge is 0.496 e. The summed E-state index contributed by atoms with van der Waals surface area (Å²) in [6, 6.07) is 33.5. The molecule has 0 N–H and O–H groups in total. The number of benzene rings is 6. The number of fused-ring (bicyclic) bond motifs is 2. The van der Waals surface area contributed by atoms with E-state index in [9.17, 15) is 19.2 Å². The predicted octanol–water partition coefficient (Wildman–Crippen LogP) is 11.8. The lowest BCUT2D eigenvalue weighted by Gasteiger charge is -2.36. The average molecular weight is 1090 g/mol. The maximum absolute atomic E-state index is 13.3. The molecule has 12 nitrogen and oxygen atoms in total. The number of alkyl halides is 1. The molecule has 0 aliphatic carbocycles. The number of hydrogen-bond donors (Lipinski definition) is 0. The molecule has 0 bridgehead atoms. The van der Waals surface area contributed by atoms with Crippen LogP contribution in [0.5, 0.6) is 23.0 Å². The van der Waals surface area contributed by atoms with Gasteiger partial charge >= 0.3 is 0 Å². The quantitative estimate of drug-likeness (QED) is 0.0351. The van der Waals surface area contributed by atoms with E-state index >= 15 is 0 Å². The zero-order valence-electron chi connectivity index (χ0n) is 47.1. The fourth-order valence-electron chi connectivity index (χ4n) is 9.26. The maximum Gasteiger partial charge on any atom is 0.229 e. The Kier molecular flexibility index (Phi) is 21.6. The molecule has 0 spiro atoms. The van der Waals surface area contributed by atoms with E-state index in [0.717, 1.165) is 92.0 Å². The summed E-state index contributed by atoms with van der Waals surface area (Å²) in [5.41, 5.74) is 4.19. The van der Waals surface area contributed by atoms with Crippen LogP contribution in [0.1, 0.15) is 84.5 Å². The molecule has 2 aliphatic heterocycles. The van der Waals surface area contributed by atoms with Gasteiger partial charge in [-0.2, -0.15) is 0 Å². The first kappa shape index (κ1) is 60.3. The normalized spacial score (nSPS) is 14.4. The zero-order valence-corrected chi connectivity index (χ0v) is 48.9. The third kappa shape index (κ3) is 16.5. The van der Waals surface area contributed by atoms with Crippen LogP contribution in [0.25, 0.3) is 21.5 Å². The molecule has 0 radical (unpaired) electrons. The topological polar surface area (TPSA) is 130 Å². The minimum Gasteiger partial charge on any atom is -0.496 e. The molecule has 0 saturated carbocycles. The molecule has 6 aromatic rings. The number of morpholine rings is 2. The number of hydrogen-bond acceptors (Lipinski definition) is 12. The van der Waals surface area contributed by atoms with Gasteiger partial charge in [0.1, 0.15) is 44.4 Å². The van der Waals surface area contributed by atoms with E-state index in [1.54, 1.807) is 38.5 Å². The molecule has 2 saturated heterocycles. The summed E-state index contributed by atoms with van der Waals surface area (Å²) in [5.74, 6) is 0.944. The molecule has 2 aliphatic rings. The minimum atomic E-state index is -1.00. The number of ketones is 4. The first-order chi connectivity index (χ1) is 36.6. The standard InChI is InChI=1S/C30H35NO5.C26H27ClO4.C7H17NOSi/c1-30(2,3)22-9-11-27(34-4)21(19-22)20-26(32)29(33)25-10-12-28(24-8-6-5-7-23(24)25)36-18-15-31-13-16-35-17-14-31;1-26(2,3)18-9-11-23(30-4)17(15-18)16-22(28)25(29)21-10-12-24(31-14-13-27)20-8-6-5-7-19(20)21;1-10(2,3)8-4-6-9-7-5-8/h5-12,19H,13-18,20H2,1-4H3;5-12,15H,13-14,16H2,1-4H3;4-7H2,1-3H3. The molecule has 14 heteroatoms. The van der Waals surface area contributed by atoms with Crippen molar-refractivity contribution in [2.75, 3.05) is 92.5 Å². The number of carbonyl (C=O) groups excluding carboxylic acids is 4. The fraction of sp³-hybridized carbons (Fsp3) is 0.429. The van der Waals surface area contributed by atoms with Crippen LogP contribution in [0, 0.1) is 0 Å². The minimum absolute atomic E-state index is 0.0158. The van der Waals surface area contributed by atoms with E-state index < -0.39 is 31.4 Å². The number of carbonyl (C=O) groups is 4. The second kappa shape index (κ2) is 27.6. The smallest absolute Gasteiger partial charge is 0.229 e. The predicted molar refractivity (Wildman–Crippen MR) is 312 cm³/mol. The van der Waals surface area contributed by atoms with Crippen molar-refractivity contribution < 1.29 is 47.6 Å². The van der Waals surface area contributed by atoms with Gasteiger partial charge < -0.3 is 33.0 Å². The van der Waals surface area contributed by atoms with Gasteiger partial charge in [-0.25, -0.2) is 0 Å². The first-order valence-corrected chi connectivity index (χ1v) is 30.6. The van der Waals surface area contributed by atoms with Crippen molar-refractivity contribution in [3.63, 3.8) is 0 Å². The molecular weight excluding hydrogens is 1010 g/mol. The third-order valence-corrected chi connectivity index (χ3v) is 16.3. The van der Waals surface area contributed by atoms with E-state index in [-0.39, 0.29) is 23.7 Å². The lowest BCUT2D eigenvalue weighted by molar-refractivity contribution is -0.115. The van der Waals surface area contributed by atoms with Gasteiger partial charge in [0.05, 0.1) is 46.5 Å². The van der Waals surface area contributed by atoms with Gasteiger partial charge in [0.25, 0.3) is 0 Å². The summed E-state index contributed by atoms with van der Waals surface area (Å²) in [6.07, 6.45) is -0.0389. The van der Waals surface area contributed by atoms with Gasteiger partial charge in [0.15, 0.2) is 0 Å². The van der Waals surface area contributed by atoms with Gasteiger partial charge in [0.2, 0.25) is 23.1 Å². The summed E-state index contributed by atoms with van der Waals surface area (Å²) < 4.78 is 36.0. The van der Waals surface area contributed by atoms with E-state index in [1.807, 2.05) is 84.9 Å². The highest BCUT2D eigenvalue weighted by Gasteiger charge is 2.27. The number of rotatable bonds is 18. The summed E-state index contributed by atoms with van der Waals surface area (Å²) in [4.78, 5) is 54.9. The Morgan fingerprint density at radius 2 is 0.922 bits per heavy atom. The Balaban J connectivity index is 0.000000213. The summed E-state index contributed by atoms with van der Waals surface area (Å²) >= 11 is 5.73. The highest BCUT2D eigenvalue weighted by Crippen LogP contribution is 2.34. The molecule has 2 heterocycles. The molecule has 8 rings (SSSR count). The summed E-state index contributed by atoms with van der Waals surface area (Å²) in [5, 5.41) is 3.00. The van der Waals surface area contributed by atoms with Gasteiger partial charge in [-0.1, -0.05) is 134 Å². The van der Waals surface area contributed by atoms with Crippen molar-refractivity contribution >= 4 is 64.5 Å².